The van der Waals surface area contributed by atoms with Crippen molar-refractivity contribution in [2.24, 2.45) is 0 Å². The van der Waals surface area contributed by atoms with E-state index in [9.17, 15) is 0 Å². The minimum Gasteiger partial charge on any atom is -0.398 e. The Bertz CT molecular complexity index is 534. The average Bonchev–Trinajstić information content (AvgIpc) is 2.81. The topological polar surface area (TPSA) is 49.5 Å². The fraction of sp³-hybridized carbons (Fsp3) is 0.286. The third-order valence-electron chi connectivity index (χ3n) is 2.99. The Labute approximate surface area is 111 Å². The molecule has 4 heteroatoms. The van der Waals surface area contributed by atoms with Crippen molar-refractivity contribution in [2.75, 3.05) is 31.3 Å². The van der Waals surface area contributed by atoms with Gasteiger partial charge in [0.15, 0.2) is 0 Å². The molecular weight excluding hydrogens is 244 g/mol. The quantitative estimate of drug-likeness (QED) is 0.833. The molecule has 0 unspecified atom stereocenters. The number of rotatable bonds is 4. The van der Waals surface area contributed by atoms with E-state index in [1.54, 1.807) is 11.3 Å². The maximum absolute atomic E-state index is 9.05. The molecule has 0 atom stereocenters. The second kappa shape index (κ2) is 5.42. The zero-order valence-corrected chi connectivity index (χ0v) is 11.5. The third-order valence-corrected chi connectivity index (χ3v) is 3.72. The lowest BCUT2D eigenvalue weighted by molar-refractivity contribution is 0.300. The molecule has 0 aliphatic rings. The zero-order chi connectivity index (χ0) is 13.1. The molecule has 3 nitrogen and oxygen atoms in total. The Morgan fingerprint density at radius 2 is 2.00 bits per heavy atom. The summed E-state index contributed by atoms with van der Waals surface area (Å²) in [7, 11) is 4.05. The van der Waals surface area contributed by atoms with Crippen LogP contribution in [-0.4, -0.2) is 25.8 Å². The Kier molecular flexibility index (Phi) is 3.89. The number of nitrogen functional groups attached to an aromatic ring is 1. The van der Waals surface area contributed by atoms with E-state index >= 15 is 0 Å². The number of thiophene rings is 1. The molecule has 0 spiro atoms. The summed E-state index contributed by atoms with van der Waals surface area (Å²) in [6, 6.07) is 6.00. The minimum absolute atomic E-state index is 0.123. The summed E-state index contributed by atoms with van der Waals surface area (Å²) in [5.41, 5.74) is 11.4. The van der Waals surface area contributed by atoms with Gasteiger partial charge in [0.1, 0.15) is 0 Å². The van der Waals surface area contributed by atoms with E-state index in [4.69, 9.17) is 10.8 Å². The van der Waals surface area contributed by atoms with Crippen LogP contribution in [0.3, 0.4) is 0 Å². The molecule has 0 aliphatic carbocycles. The monoisotopic (exact) mass is 262 g/mol. The number of aliphatic hydroxyl groups excluding tert-OH is 1. The molecule has 1 heterocycles. The molecule has 0 fully saturated rings. The van der Waals surface area contributed by atoms with E-state index in [1.807, 2.05) is 32.3 Å². The summed E-state index contributed by atoms with van der Waals surface area (Å²) < 4.78 is 0. The molecule has 96 valence electrons. The lowest BCUT2D eigenvalue weighted by atomic mass is 10.00. The van der Waals surface area contributed by atoms with Gasteiger partial charge in [-0.25, -0.2) is 0 Å². The summed E-state index contributed by atoms with van der Waals surface area (Å²) >= 11 is 1.67. The fourth-order valence-corrected chi connectivity index (χ4v) is 2.94. The summed E-state index contributed by atoms with van der Waals surface area (Å²) in [6.45, 7) is 0.123. The van der Waals surface area contributed by atoms with E-state index in [0.29, 0.717) is 6.42 Å². The van der Waals surface area contributed by atoms with Gasteiger partial charge in [0.2, 0.25) is 0 Å². The van der Waals surface area contributed by atoms with Crippen molar-refractivity contribution in [3.63, 3.8) is 0 Å². The van der Waals surface area contributed by atoms with Crippen LogP contribution in [-0.2, 0) is 6.42 Å². The van der Waals surface area contributed by atoms with Crippen molar-refractivity contribution < 1.29 is 5.11 Å². The molecular formula is C14H18N2OS. The SMILES string of the molecule is CN(C)c1cscc1-c1cccc(CCO)c1N. The van der Waals surface area contributed by atoms with Gasteiger partial charge in [-0.15, -0.1) is 11.3 Å². The van der Waals surface area contributed by atoms with Gasteiger partial charge < -0.3 is 15.7 Å². The van der Waals surface area contributed by atoms with E-state index in [1.165, 1.54) is 5.69 Å². The van der Waals surface area contributed by atoms with E-state index in [0.717, 1.165) is 22.4 Å². The highest BCUT2D eigenvalue weighted by molar-refractivity contribution is 7.08. The number of nitrogens with two attached hydrogens (primary N) is 1. The number of benzene rings is 1. The van der Waals surface area contributed by atoms with Gasteiger partial charge in [0, 0.05) is 48.3 Å². The highest BCUT2D eigenvalue weighted by Crippen LogP contribution is 2.37. The standard InChI is InChI=1S/C14H18N2OS/c1-16(2)13-9-18-8-12(13)11-5-3-4-10(6-7-17)14(11)15/h3-5,8-9,17H,6-7,15H2,1-2H3. The lowest BCUT2D eigenvalue weighted by Crippen LogP contribution is -2.09. The van der Waals surface area contributed by atoms with Crippen LogP contribution < -0.4 is 10.6 Å². The molecule has 2 rings (SSSR count). The molecule has 3 N–H and O–H groups in total. The van der Waals surface area contributed by atoms with Crippen LogP contribution in [0.15, 0.2) is 29.0 Å². The predicted molar refractivity (Wildman–Crippen MR) is 79.3 cm³/mol. The van der Waals surface area contributed by atoms with Crippen molar-refractivity contribution in [3.8, 4) is 11.1 Å². The summed E-state index contributed by atoms with van der Waals surface area (Å²) in [5.74, 6) is 0. The van der Waals surface area contributed by atoms with Gasteiger partial charge in [0.05, 0.1) is 5.69 Å². The first-order valence-corrected chi connectivity index (χ1v) is 6.81. The van der Waals surface area contributed by atoms with Crippen molar-refractivity contribution in [2.45, 2.75) is 6.42 Å². The second-order valence-corrected chi connectivity index (χ2v) is 5.16. The summed E-state index contributed by atoms with van der Waals surface area (Å²) in [5, 5.41) is 13.3. The highest BCUT2D eigenvalue weighted by Gasteiger charge is 2.12. The van der Waals surface area contributed by atoms with Crippen LogP contribution in [0.5, 0.6) is 0 Å². The first-order chi connectivity index (χ1) is 8.65. The molecule has 18 heavy (non-hydrogen) atoms. The van der Waals surface area contributed by atoms with Crippen molar-refractivity contribution in [3.05, 3.63) is 34.5 Å². The molecule has 1 aromatic heterocycles. The van der Waals surface area contributed by atoms with Crippen molar-refractivity contribution >= 4 is 22.7 Å². The molecule has 2 aromatic rings. The molecule has 0 saturated carbocycles. The van der Waals surface area contributed by atoms with Gasteiger partial charge in [-0.1, -0.05) is 18.2 Å². The van der Waals surface area contributed by atoms with Gasteiger partial charge in [0.25, 0.3) is 0 Å². The molecule has 0 amide bonds. The highest BCUT2D eigenvalue weighted by atomic mass is 32.1. The van der Waals surface area contributed by atoms with E-state index in [2.05, 4.69) is 15.7 Å². The average molecular weight is 262 g/mol. The molecule has 0 saturated heterocycles. The van der Waals surface area contributed by atoms with Crippen LogP contribution >= 0.6 is 11.3 Å². The first kappa shape index (κ1) is 12.9. The molecule has 1 aromatic carbocycles. The van der Waals surface area contributed by atoms with E-state index < -0.39 is 0 Å². The Morgan fingerprint density at radius 3 is 2.67 bits per heavy atom. The van der Waals surface area contributed by atoms with Gasteiger partial charge in [-0.3, -0.25) is 0 Å². The van der Waals surface area contributed by atoms with Crippen LogP contribution in [0.2, 0.25) is 0 Å². The molecule has 0 bridgehead atoms. The number of para-hydroxylation sites is 1. The second-order valence-electron chi connectivity index (χ2n) is 4.42. The number of nitrogens with zero attached hydrogens (tertiary/aromatic N) is 1. The number of anilines is 2. The summed E-state index contributed by atoms with van der Waals surface area (Å²) in [4.78, 5) is 2.09. The Morgan fingerprint density at radius 1 is 1.22 bits per heavy atom. The van der Waals surface area contributed by atoms with Crippen LogP contribution in [0.4, 0.5) is 11.4 Å². The van der Waals surface area contributed by atoms with Gasteiger partial charge in [-0.05, 0) is 12.0 Å². The fourth-order valence-electron chi connectivity index (χ4n) is 2.02. The Hall–Kier alpha value is -1.52. The number of hydrogen-bond acceptors (Lipinski definition) is 4. The van der Waals surface area contributed by atoms with E-state index in [-0.39, 0.29) is 6.61 Å². The normalized spacial score (nSPS) is 10.6. The Balaban J connectivity index is 2.50. The van der Waals surface area contributed by atoms with Crippen LogP contribution in [0.25, 0.3) is 11.1 Å². The zero-order valence-electron chi connectivity index (χ0n) is 10.7. The first-order valence-electron chi connectivity index (χ1n) is 5.87. The van der Waals surface area contributed by atoms with Gasteiger partial charge >= 0.3 is 0 Å². The number of aliphatic hydroxyl groups is 1. The maximum atomic E-state index is 9.05. The smallest absolute Gasteiger partial charge is 0.0550 e. The van der Waals surface area contributed by atoms with Crippen LogP contribution in [0, 0.1) is 0 Å². The number of hydrogen-bond donors (Lipinski definition) is 2. The maximum Gasteiger partial charge on any atom is 0.0550 e. The third kappa shape index (κ3) is 2.35. The summed E-state index contributed by atoms with van der Waals surface area (Å²) in [6.07, 6.45) is 0.598. The lowest BCUT2D eigenvalue weighted by Gasteiger charge is -2.16. The van der Waals surface area contributed by atoms with Crippen molar-refractivity contribution in [1.82, 2.24) is 0 Å². The predicted octanol–water partition coefficient (Wildman–Crippen LogP) is 2.60. The molecule has 0 radical (unpaired) electrons. The minimum atomic E-state index is 0.123. The van der Waals surface area contributed by atoms with Crippen LogP contribution in [0.1, 0.15) is 5.56 Å². The van der Waals surface area contributed by atoms with Crippen molar-refractivity contribution in [1.29, 1.82) is 0 Å². The van der Waals surface area contributed by atoms with Gasteiger partial charge in [-0.2, -0.15) is 0 Å². The largest absolute Gasteiger partial charge is 0.398 e. The molecule has 0 aliphatic heterocycles.